The minimum absolute atomic E-state index is 0.0148. The zero-order chi connectivity index (χ0) is 15.5. The van der Waals surface area contributed by atoms with Crippen LogP contribution >= 0.6 is 23.2 Å². The Morgan fingerprint density at radius 3 is 2.91 bits per heavy atom. The standard InChI is InChI=1S/C16H20Cl2N2O2/c17-11-3-6-13(18)15(10-11)22-9-8-20-7-1-2-14(20)16(21)19-12-4-5-12/h3,6,10,12,14H,1-2,4-5,7-9H2,(H,19,21). The lowest BCUT2D eigenvalue weighted by Gasteiger charge is -2.23. The number of halogens is 2. The number of nitrogens with one attached hydrogen (secondary N) is 1. The van der Waals surface area contributed by atoms with Crippen molar-refractivity contribution in [1.29, 1.82) is 0 Å². The van der Waals surface area contributed by atoms with Crippen molar-refractivity contribution >= 4 is 29.1 Å². The largest absolute Gasteiger partial charge is 0.491 e. The maximum absolute atomic E-state index is 12.2. The topological polar surface area (TPSA) is 41.6 Å². The summed E-state index contributed by atoms with van der Waals surface area (Å²) in [7, 11) is 0. The fourth-order valence-corrected chi connectivity index (χ4v) is 3.11. The molecule has 0 bridgehead atoms. The fraction of sp³-hybridized carbons (Fsp3) is 0.562. The van der Waals surface area contributed by atoms with E-state index >= 15 is 0 Å². The Kier molecular flexibility index (Phi) is 5.11. The van der Waals surface area contributed by atoms with E-state index in [1.54, 1.807) is 18.2 Å². The second-order valence-electron chi connectivity index (χ2n) is 5.90. The first-order valence-electron chi connectivity index (χ1n) is 7.76. The van der Waals surface area contributed by atoms with Crippen LogP contribution in [0.15, 0.2) is 18.2 Å². The van der Waals surface area contributed by atoms with Crippen molar-refractivity contribution in [3.8, 4) is 5.75 Å². The molecular formula is C16H20Cl2N2O2. The number of nitrogens with zero attached hydrogens (tertiary/aromatic N) is 1. The van der Waals surface area contributed by atoms with Gasteiger partial charge in [-0.15, -0.1) is 0 Å². The highest BCUT2D eigenvalue weighted by Crippen LogP contribution is 2.28. The Labute approximate surface area is 140 Å². The highest BCUT2D eigenvalue weighted by molar-refractivity contribution is 6.34. The van der Waals surface area contributed by atoms with Crippen molar-refractivity contribution in [2.75, 3.05) is 19.7 Å². The zero-order valence-corrected chi connectivity index (χ0v) is 13.9. The fourth-order valence-electron chi connectivity index (χ4n) is 2.78. The molecule has 0 spiro atoms. The van der Waals surface area contributed by atoms with Crippen molar-refractivity contribution < 1.29 is 9.53 Å². The van der Waals surface area contributed by atoms with Gasteiger partial charge in [0, 0.05) is 23.7 Å². The molecule has 1 aromatic carbocycles. The van der Waals surface area contributed by atoms with Crippen LogP contribution in [-0.2, 0) is 4.79 Å². The van der Waals surface area contributed by atoms with Crippen LogP contribution in [0.5, 0.6) is 5.75 Å². The number of carbonyl (C=O) groups excluding carboxylic acids is 1. The number of benzene rings is 1. The Balaban J connectivity index is 1.49. The lowest BCUT2D eigenvalue weighted by atomic mass is 10.2. The Hall–Kier alpha value is -0.970. The van der Waals surface area contributed by atoms with Crippen LogP contribution in [0.3, 0.4) is 0 Å². The lowest BCUT2D eigenvalue weighted by Crippen LogP contribution is -2.45. The van der Waals surface area contributed by atoms with E-state index in [1.165, 1.54) is 0 Å². The molecular weight excluding hydrogens is 323 g/mol. The average molecular weight is 343 g/mol. The van der Waals surface area contributed by atoms with Gasteiger partial charge in [-0.1, -0.05) is 23.2 Å². The molecule has 0 aromatic heterocycles. The van der Waals surface area contributed by atoms with Crippen molar-refractivity contribution in [2.45, 2.75) is 37.8 Å². The highest BCUT2D eigenvalue weighted by atomic mass is 35.5. The molecule has 1 saturated carbocycles. The van der Waals surface area contributed by atoms with E-state index in [0.29, 0.717) is 35.0 Å². The van der Waals surface area contributed by atoms with Crippen molar-refractivity contribution in [3.63, 3.8) is 0 Å². The number of carbonyl (C=O) groups is 1. The van der Waals surface area contributed by atoms with Gasteiger partial charge in [0.2, 0.25) is 5.91 Å². The minimum atomic E-state index is -0.0148. The molecule has 1 heterocycles. The van der Waals surface area contributed by atoms with Crippen LogP contribution in [0.1, 0.15) is 25.7 Å². The molecule has 2 fully saturated rings. The van der Waals surface area contributed by atoms with Crippen LogP contribution in [0.25, 0.3) is 0 Å². The predicted molar refractivity (Wildman–Crippen MR) is 87.7 cm³/mol. The summed E-state index contributed by atoms with van der Waals surface area (Å²) in [5.41, 5.74) is 0. The van der Waals surface area contributed by atoms with Gasteiger partial charge in [0.15, 0.2) is 0 Å². The molecule has 1 aliphatic carbocycles. The first-order chi connectivity index (χ1) is 10.6. The van der Waals surface area contributed by atoms with Crippen LogP contribution < -0.4 is 10.1 Å². The first-order valence-corrected chi connectivity index (χ1v) is 8.51. The molecule has 1 aromatic rings. The summed E-state index contributed by atoms with van der Waals surface area (Å²) in [6, 6.07) is 5.57. The van der Waals surface area contributed by atoms with Crippen LogP contribution in [-0.4, -0.2) is 42.6 Å². The molecule has 1 unspecified atom stereocenters. The first kappa shape index (κ1) is 15.9. The van der Waals surface area contributed by atoms with Gasteiger partial charge in [-0.05, 0) is 44.4 Å². The maximum Gasteiger partial charge on any atom is 0.237 e. The van der Waals surface area contributed by atoms with Gasteiger partial charge in [0.1, 0.15) is 12.4 Å². The highest BCUT2D eigenvalue weighted by Gasteiger charge is 2.33. The van der Waals surface area contributed by atoms with Gasteiger partial charge in [-0.3, -0.25) is 9.69 Å². The monoisotopic (exact) mass is 342 g/mol. The molecule has 0 radical (unpaired) electrons. The third-order valence-corrected chi connectivity index (χ3v) is 4.67. The normalized spacial score (nSPS) is 21.8. The van der Waals surface area contributed by atoms with E-state index in [4.69, 9.17) is 27.9 Å². The number of hydrogen-bond donors (Lipinski definition) is 1. The Bertz CT molecular complexity index is 549. The van der Waals surface area contributed by atoms with E-state index in [2.05, 4.69) is 10.2 Å². The Morgan fingerprint density at radius 1 is 1.32 bits per heavy atom. The molecule has 1 aliphatic heterocycles. The van der Waals surface area contributed by atoms with Crippen LogP contribution in [0.4, 0.5) is 0 Å². The summed E-state index contributed by atoms with van der Waals surface area (Å²) in [4.78, 5) is 14.4. The summed E-state index contributed by atoms with van der Waals surface area (Å²) >= 11 is 12.0. The maximum atomic E-state index is 12.2. The van der Waals surface area contributed by atoms with Gasteiger partial charge < -0.3 is 10.1 Å². The van der Waals surface area contributed by atoms with Crippen molar-refractivity contribution in [1.82, 2.24) is 10.2 Å². The molecule has 1 amide bonds. The summed E-state index contributed by atoms with van der Waals surface area (Å²) < 4.78 is 5.71. The number of amides is 1. The third-order valence-electron chi connectivity index (χ3n) is 4.12. The van der Waals surface area contributed by atoms with E-state index in [1.807, 2.05) is 0 Å². The second-order valence-corrected chi connectivity index (χ2v) is 6.74. The van der Waals surface area contributed by atoms with Gasteiger partial charge in [0.05, 0.1) is 11.1 Å². The van der Waals surface area contributed by atoms with Gasteiger partial charge >= 0.3 is 0 Å². The number of likely N-dealkylation sites (tertiary alicyclic amines) is 1. The Morgan fingerprint density at radius 2 is 2.14 bits per heavy atom. The molecule has 1 N–H and O–H groups in total. The van der Waals surface area contributed by atoms with Crippen LogP contribution in [0.2, 0.25) is 10.0 Å². The second kappa shape index (κ2) is 7.07. The summed E-state index contributed by atoms with van der Waals surface area (Å²) in [5.74, 6) is 0.758. The van der Waals surface area contributed by atoms with Crippen LogP contribution in [0, 0.1) is 0 Å². The molecule has 120 valence electrons. The van der Waals surface area contributed by atoms with Crippen molar-refractivity contribution in [3.05, 3.63) is 28.2 Å². The number of ether oxygens (including phenoxy) is 1. The van der Waals surface area contributed by atoms with Gasteiger partial charge in [-0.25, -0.2) is 0 Å². The molecule has 2 aliphatic rings. The zero-order valence-electron chi connectivity index (χ0n) is 12.4. The van der Waals surface area contributed by atoms with E-state index in [9.17, 15) is 4.79 Å². The molecule has 22 heavy (non-hydrogen) atoms. The molecule has 3 rings (SSSR count). The summed E-state index contributed by atoms with van der Waals surface area (Å²) in [6.07, 6.45) is 4.22. The van der Waals surface area contributed by atoms with Gasteiger partial charge in [0.25, 0.3) is 0 Å². The van der Waals surface area contributed by atoms with Gasteiger partial charge in [-0.2, -0.15) is 0 Å². The predicted octanol–water partition coefficient (Wildman–Crippen LogP) is 3.12. The minimum Gasteiger partial charge on any atom is -0.491 e. The average Bonchev–Trinajstić information content (AvgIpc) is 3.17. The smallest absolute Gasteiger partial charge is 0.237 e. The molecule has 1 saturated heterocycles. The summed E-state index contributed by atoms with van der Waals surface area (Å²) in [6.45, 7) is 2.15. The number of rotatable bonds is 6. The molecule has 1 atom stereocenters. The number of hydrogen-bond acceptors (Lipinski definition) is 3. The lowest BCUT2D eigenvalue weighted by molar-refractivity contribution is -0.125. The van der Waals surface area contributed by atoms with E-state index < -0.39 is 0 Å². The van der Waals surface area contributed by atoms with E-state index in [0.717, 1.165) is 32.2 Å². The van der Waals surface area contributed by atoms with Crippen molar-refractivity contribution in [2.24, 2.45) is 0 Å². The quantitative estimate of drug-likeness (QED) is 0.863. The summed E-state index contributed by atoms with van der Waals surface area (Å²) in [5, 5.41) is 4.24. The molecule has 4 nitrogen and oxygen atoms in total. The van der Waals surface area contributed by atoms with E-state index in [-0.39, 0.29) is 11.9 Å². The SMILES string of the molecule is O=C(NC1CC1)C1CCCN1CCOc1cc(Cl)ccc1Cl. The molecule has 6 heteroatoms. The third kappa shape index (κ3) is 4.06.